The fourth-order valence-corrected chi connectivity index (χ4v) is 5.49. The van der Waals surface area contributed by atoms with Gasteiger partial charge in [0.25, 0.3) is 0 Å². The predicted molar refractivity (Wildman–Crippen MR) is 113 cm³/mol. The smallest absolute Gasteiger partial charge is 0.166 e. The highest BCUT2D eigenvalue weighted by Gasteiger charge is 2.36. The summed E-state index contributed by atoms with van der Waals surface area (Å²) in [6.07, 6.45) is 4.56. The lowest BCUT2D eigenvalue weighted by atomic mass is 10.0. The largest absolute Gasteiger partial charge is 0.504 e. The van der Waals surface area contributed by atoms with E-state index in [0.29, 0.717) is 17.5 Å². The molecule has 0 spiro atoms. The van der Waals surface area contributed by atoms with Crippen molar-refractivity contribution in [3.8, 4) is 27.6 Å². The molecule has 4 nitrogen and oxygen atoms in total. The van der Waals surface area contributed by atoms with Crippen LogP contribution in [-0.2, 0) is 0 Å². The Labute approximate surface area is 172 Å². The van der Waals surface area contributed by atoms with E-state index in [2.05, 4.69) is 34.1 Å². The summed E-state index contributed by atoms with van der Waals surface area (Å²) in [6.45, 7) is 2.33. The SMILES string of the molecule is O=Cc1cc(-c2csc(-c3ccc(N4CC5CCCC5C4)cc3)n2)cc(F)c1O. The molecule has 5 rings (SSSR count). The van der Waals surface area contributed by atoms with Crippen molar-refractivity contribution in [2.24, 2.45) is 11.8 Å². The molecule has 2 unspecified atom stereocenters. The predicted octanol–water partition coefficient (Wildman–Crippen LogP) is 5.37. The van der Waals surface area contributed by atoms with Crippen molar-refractivity contribution in [1.29, 1.82) is 0 Å². The highest BCUT2D eigenvalue weighted by molar-refractivity contribution is 7.13. The van der Waals surface area contributed by atoms with Crippen molar-refractivity contribution < 1.29 is 14.3 Å². The molecular weight excluding hydrogens is 387 g/mol. The molecule has 0 amide bonds. The molecule has 148 valence electrons. The number of phenols is 1. The van der Waals surface area contributed by atoms with Gasteiger partial charge in [-0.15, -0.1) is 11.3 Å². The van der Waals surface area contributed by atoms with Crippen molar-refractivity contribution in [3.05, 3.63) is 53.2 Å². The monoisotopic (exact) mass is 408 g/mol. The Hall–Kier alpha value is -2.73. The van der Waals surface area contributed by atoms with E-state index >= 15 is 0 Å². The van der Waals surface area contributed by atoms with Gasteiger partial charge in [-0.05, 0) is 61.1 Å². The van der Waals surface area contributed by atoms with Gasteiger partial charge < -0.3 is 10.0 Å². The fraction of sp³-hybridized carbons (Fsp3) is 0.304. The third-order valence-corrected chi connectivity index (χ3v) is 7.12. The number of halogens is 1. The van der Waals surface area contributed by atoms with Gasteiger partial charge >= 0.3 is 0 Å². The Morgan fingerprint density at radius 2 is 1.83 bits per heavy atom. The van der Waals surface area contributed by atoms with Gasteiger partial charge in [0.15, 0.2) is 17.9 Å². The van der Waals surface area contributed by atoms with Crippen LogP contribution in [0.5, 0.6) is 5.75 Å². The van der Waals surface area contributed by atoms with Crippen LogP contribution in [0.4, 0.5) is 10.1 Å². The van der Waals surface area contributed by atoms with Crippen molar-refractivity contribution in [2.45, 2.75) is 19.3 Å². The van der Waals surface area contributed by atoms with E-state index < -0.39 is 11.6 Å². The number of aldehydes is 1. The highest BCUT2D eigenvalue weighted by atomic mass is 32.1. The van der Waals surface area contributed by atoms with E-state index in [4.69, 9.17) is 0 Å². The minimum absolute atomic E-state index is 0.0747. The van der Waals surface area contributed by atoms with Crippen LogP contribution >= 0.6 is 11.3 Å². The number of nitrogens with zero attached hydrogens (tertiary/aromatic N) is 2. The van der Waals surface area contributed by atoms with Crippen LogP contribution in [0.15, 0.2) is 41.8 Å². The number of carbonyl (C=O) groups excluding carboxylic acids is 1. The summed E-state index contributed by atoms with van der Waals surface area (Å²) < 4.78 is 13.9. The Bertz CT molecular complexity index is 1050. The summed E-state index contributed by atoms with van der Waals surface area (Å²) in [4.78, 5) is 18.1. The Morgan fingerprint density at radius 1 is 1.10 bits per heavy atom. The van der Waals surface area contributed by atoms with E-state index in [1.54, 1.807) is 0 Å². The van der Waals surface area contributed by atoms with Gasteiger partial charge in [-0.25, -0.2) is 9.37 Å². The summed E-state index contributed by atoms with van der Waals surface area (Å²) in [5.74, 6) is 0.274. The molecule has 2 aromatic carbocycles. The molecule has 29 heavy (non-hydrogen) atoms. The fourth-order valence-electron chi connectivity index (χ4n) is 4.66. The summed E-state index contributed by atoms with van der Waals surface area (Å²) in [7, 11) is 0. The van der Waals surface area contributed by atoms with Crippen LogP contribution < -0.4 is 4.90 Å². The zero-order valence-corrected chi connectivity index (χ0v) is 16.7. The lowest BCUT2D eigenvalue weighted by molar-refractivity contribution is 0.112. The number of fused-ring (bicyclic) bond motifs is 1. The highest BCUT2D eigenvalue weighted by Crippen LogP contribution is 2.40. The number of anilines is 1. The van der Waals surface area contributed by atoms with Crippen molar-refractivity contribution in [2.75, 3.05) is 18.0 Å². The summed E-state index contributed by atoms with van der Waals surface area (Å²) in [5, 5.41) is 12.3. The van der Waals surface area contributed by atoms with Crippen LogP contribution in [-0.4, -0.2) is 29.5 Å². The number of benzene rings is 2. The number of aromatic nitrogens is 1. The maximum Gasteiger partial charge on any atom is 0.166 e. The number of hydrogen-bond donors (Lipinski definition) is 1. The van der Waals surface area contributed by atoms with Crippen LogP contribution in [0.25, 0.3) is 21.8 Å². The lowest BCUT2D eigenvalue weighted by Gasteiger charge is -2.19. The van der Waals surface area contributed by atoms with Crippen molar-refractivity contribution in [3.63, 3.8) is 0 Å². The van der Waals surface area contributed by atoms with Gasteiger partial charge in [-0.2, -0.15) is 0 Å². The van der Waals surface area contributed by atoms with Crippen LogP contribution in [0, 0.1) is 17.7 Å². The van der Waals surface area contributed by atoms with Crippen molar-refractivity contribution >= 4 is 23.3 Å². The Kier molecular flexibility index (Phi) is 4.59. The van der Waals surface area contributed by atoms with Crippen LogP contribution in [0.1, 0.15) is 29.6 Å². The van der Waals surface area contributed by atoms with Gasteiger partial charge in [0.05, 0.1) is 11.3 Å². The number of aromatic hydroxyl groups is 1. The third-order valence-electron chi connectivity index (χ3n) is 6.23. The molecule has 2 fully saturated rings. The maximum atomic E-state index is 13.9. The van der Waals surface area contributed by atoms with Crippen molar-refractivity contribution in [1.82, 2.24) is 4.98 Å². The normalized spacial score (nSPS) is 20.8. The minimum atomic E-state index is -0.820. The van der Waals surface area contributed by atoms with Gasteiger partial charge in [0, 0.05) is 35.3 Å². The third kappa shape index (κ3) is 3.31. The molecule has 2 heterocycles. The second-order valence-electron chi connectivity index (χ2n) is 7.95. The second-order valence-corrected chi connectivity index (χ2v) is 8.81. The van der Waals surface area contributed by atoms with E-state index in [1.807, 2.05) is 5.38 Å². The second kappa shape index (κ2) is 7.26. The number of hydrogen-bond acceptors (Lipinski definition) is 5. The topological polar surface area (TPSA) is 53.4 Å². The molecule has 3 aromatic rings. The Morgan fingerprint density at radius 3 is 2.52 bits per heavy atom. The van der Waals surface area contributed by atoms with Crippen LogP contribution in [0.2, 0.25) is 0 Å². The maximum absolute atomic E-state index is 13.9. The zero-order valence-electron chi connectivity index (χ0n) is 15.8. The first kappa shape index (κ1) is 18.3. The molecule has 1 aliphatic carbocycles. The molecule has 1 saturated carbocycles. The summed E-state index contributed by atoms with van der Waals surface area (Å²) in [6, 6.07) is 11.1. The van der Waals surface area contributed by atoms with Gasteiger partial charge in [-0.1, -0.05) is 6.42 Å². The molecular formula is C23H21FN2O2S. The molecule has 0 bridgehead atoms. The first-order chi connectivity index (χ1) is 14.1. The van der Waals surface area contributed by atoms with Gasteiger partial charge in [-0.3, -0.25) is 4.79 Å². The van der Waals surface area contributed by atoms with E-state index in [1.165, 1.54) is 48.4 Å². The summed E-state index contributed by atoms with van der Waals surface area (Å²) >= 11 is 1.47. The Balaban J connectivity index is 1.37. The quantitative estimate of drug-likeness (QED) is 0.590. The van der Waals surface area contributed by atoms with E-state index in [9.17, 15) is 14.3 Å². The molecule has 6 heteroatoms. The average Bonchev–Trinajstić information content (AvgIpc) is 3.46. The number of thiazole rings is 1. The first-order valence-corrected chi connectivity index (χ1v) is 10.8. The van der Waals surface area contributed by atoms with Crippen LogP contribution in [0.3, 0.4) is 0 Å². The zero-order chi connectivity index (χ0) is 20.0. The summed E-state index contributed by atoms with van der Waals surface area (Å²) in [5.41, 5.74) is 3.26. The molecule has 2 aliphatic rings. The van der Waals surface area contributed by atoms with Gasteiger partial charge in [0.2, 0.25) is 0 Å². The number of phenolic OH excluding ortho intramolecular Hbond substituents is 1. The standard InChI is InChI=1S/C23H21FN2O2S/c24-20-9-17(8-18(12-27)22(20)28)21-13-29-23(25-21)14-4-6-19(7-5-14)26-10-15-2-1-3-16(15)11-26/h4-9,12-13,15-16,28H,1-3,10-11H2. The number of rotatable bonds is 4. The number of carbonyl (C=O) groups is 1. The molecule has 0 radical (unpaired) electrons. The van der Waals surface area contributed by atoms with E-state index in [-0.39, 0.29) is 5.56 Å². The molecule has 1 saturated heterocycles. The van der Waals surface area contributed by atoms with E-state index in [0.717, 1.165) is 35.5 Å². The first-order valence-electron chi connectivity index (χ1n) is 9.91. The van der Waals surface area contributed by atoms with Gasteiger partial charge in [0.1, 0.15) is 5.01 Å². The average molecular weight is 408 g/mol. The lowest BCUT2D eigenvalue weighted by Crippen LogP contribution is -2.20. The molecule has 1 aromatic heterocycles. The molecule has 2 atom stereocenters. The minimum Gasteiger partial charge on any atom is -0.504 e. The molecule has 1 aliphatic heterocycles. The molecule has 1 N–H and O–H groups in total.